The number of carbonyl (C=O) groups is 1. The molecule has 0 unspecified atom stereocenters. The van der Waals surface area contributed by atoms with Crippen molar-refractivity contribution in [1.82, 2.24) is 0 Å². The summed E-state index contributed by atoms with van der Waals surface area (Å²) in [4.78, 5) is 14.0. The van der Waals surface area contributed by atoms with Crippen LogP contribution in [0.1, 0.15) is 18.1 Å². The maximum absolute atomic E-state index is 12.3. The number of rotatable bonds is 1. The zero-order chi connectivity index (χ0) is 15.9. The van der Waals surface area contributed by atoms with E-state index in [0.29, 0.717) is 15.4 Å². The van der Waals surface area contributed by atoms with Gasteiger partial charge in [-0.3, -0.25) is 9.69 Å². The summed E-state index contributed by atoms with van der Waals surface area (Å²) in [5, 5.41) is 1.85. The van der Waals surface area contributed by atoms with Crippen molar-refractivity contribution >= 4 is 68.1 Å². The van der Waals surface area contributed by atoms with Crippen LogP contribution in [0.3, 0.4) is 0 Å². The molecule has 0 aliphatic carbocycles. The molecule has 0 bridgehead atoms. The number of carbonyl (C=O) groups excluding carboxylic acids is 1. The van der Waals surface area contributed by atoms with E-state index in [9.17, 15) is 4.79 Å². The molecule has 0 N–H and O–H groups in total. The van der Waals surface area contributed by atoms with E-state index in [1.54, 1.807) is 11.0 Å². The first kappa shape index (κ1) is 15.6. The summed E-state index contributed by atoms with van der Waals surface area (Å²) in [5.41, 5.74) is 4.54. The van der Waals surface area contributed by atoms with Crippen LogP contribution < -0.4 is 4.90 Å². The van der Waals surface area contributed by atoms with Crippen LogP contribution in [0.5, 0.6) is 0 Å². The Bertz CT molecular complexity index is 801. The first-order valence-corrected chi connectivity index (χ1v) is 8.55. The van der Waals surface area contributed by atoms with Gasteiger partial charge in [-0.25, -0.2) is 0 Å². The Morgan fingerprint density at radius 2 is 1.73 bits per heavy atom. The maximum atomic E-state index is 12.3. The van der Waals surface area contributed by atoms with Crippen LogP contribution in [0.25, 0.3) is 11.6 Å². The molecule has 1 amide bonds. The van der Waals surface area contributed by atoms with Gasteiger partial charge in [0, 0.05) is 27.9 Å². The minimum Gasteiger partial charge on any atom is -0.280 e. The number of alkyl halides is 1. The smallest absolute Gasteiger partial charge is 0.228 e. The molecule has 2 nitrogen and oxygen atoms in total. The molecule has 1 aliphatic rings. The van der Waals surface area contributed by atoms with Crippen LogP contribution in [0.2, 0.25) is 10.0 Å². The Morgan fingerprint density at radius 1 is 1.09 bits per heavy atom. The highest BCUT2D eigenvalue weighted by atomic mass is 79.9. The topological polar surface area (TPSA) is 20.3 Å². The standard InChI is InChI=1S/C17H12BrCl2NO/c1-10(22)21-16-7-13(19)3-2-11(16)6-12(9-18)15-5-4-14(20)8-17(15)21/h2-8H,9H2,1H3. The maximum Gasteiger partial charge on any atom is 0.228 e. The lowest BCUT2D eigenvalue weighted by Gasteiger charge is -2.24. The van der Waals surface area contributed by atoms with E-state index in [2.05, 4.69) is 22.0 Å². The van der Waals surface area contributed by atoms with E-state index < -0.39 is 0 Å². The Hall–Kier alpha value is -1.29. The Labute approximate surface area is 147 Å². The normalized spacial score (nSPS) is 13.1. The minimum atomic E-state index is -0.0868. The van der Waals surface area contributed by atoms with E-state index in [1.807, 2.05) is 30.3 Å². The fraction of sp³-hybridized carbons (Fsp3) is 0.118. The van der Waals surface area contributed by atoms with Crippen LogP contribution in [0, 0.1) is 0 Å². The summed E-state index contributed by atoms with van der Waals surface area (Å²) in [6.45, 7) is 1.54. The fourth-order valence-electron chi connectivity index (χ4n) is 2.64. The molecule has 5 heteroatoms. The molecule has 3 rings (SSSR count). The van der Waals surface area contributed by atoms with Crippen molar-refractivity contribution < 1.29 is 4.79 Å². The quantitative estimate of drug-likeness (QED) is 0.547. The predicted molar refractivity (Wildman–Crippen MR) is 97.4 cm³/mol. The van der Waals surface area contributed by atoms with Gasteiger partial charge in [-0.05, 0) is 41.5 Å². The van der Waals surface area contributed by atoms with Gasteiger partial charge in [0.25, 0.3) is 0 Å². The fourth-order valence-corrected chi connectivity index (χ4v) is 3.44. The molecule has 0 saturated carbocycles. The van der Waals surface area contributed by atoms with Gasteiger partial charge in [0.1, 0.15) is 0 Å². The zero-order valence-corrected chi connectivity index (χ0v) is 14.8. The van der Waals surface area contributed by atoms with Crippen LogP contribution in [0.4, 0.5) is 11.4 Å². The van der Waals surface area contributed by atoms with Gasteiger partial charge in [-0.1, -0.05) is 51.3 Å². The highest BCUT2D eigenvalue weighted by molar-refractivity contribution is 9.09. The number of nitrogens with zero attached hydrogens (tertiary/aromatic N) is 1. The average Bonchev–Trinajstić information content (AvgIpc) is 2.60. The second-order valence-corrected chi connectivity index (χ2v) is 6.46. The lowest BCUT2D eigenvalue weighted by atomic mass is 10.0. The van der Waals surface area contributed by atoms with Gasteiger partial charge >= 0.3 is 0 Å². The highest BCUT2D eigenvalue weighted by Gasteiger charge is 2.24. The van der Waals surface area contributed by atoms with Gasteiger partial charge in [-0.15, -0.1) is 0 Å². The molecular weight excluding hydrogens is 385 g/mol. The largest absolute Gasteiger partial charge is 0.280 e. The molecule has 2 aromatic carbocycles. The number of fused-ring (bicyclic) bond motifs is 2. The number of allylic oxidation sites excluding steroid dienone is 1. The SMILES string of the molecule is CC(=O)N1c2cc(Cl)ccc2C=C(CBr)c2ccc(Cl)cc21. The van der Waals surface area contributed by atoms with Crippen molar-refractivity contribution in [3.8, 4) is 0 Å². The zero-order valence-electron chi connectivity index (χ0n) is 11.7. The first-order valence-electron chi connectivity index (χ1n) is 6.68. The van der Waals surface area contributed by atoms with Gasteiger partial charge < -0.3 is 0 Å². The van der Waals surface area contributed by atoms with Gasteiger partial charge in [-0.2, -0.15) is 0 Å². The van der Waals surface area contributed by atoms with Crippen LogP contribution in [-0.2, 0) is 4.79 Å². The molecule has 22 heavy (non-hydrogen) atoms. The number of benzene rings is 2. The van der Waals surface area contributed by atoms with Gasteiger partial charge in [0.05, 0.1) is 11.4 Å². The number of anilines is 2. The molecule has 1 aliphatic heterocycles. The van der Waals surface area contributed by atoms with Crippen LogP contribution >= 0.6 is 39.1 Å². The van der Waals surface area contributed by atoms with Gasteiger partial charge in [0.15, 0.2) is 0 Å². The van der Waals surface area contributed by atoms with E-state index in [-0.39, 0.29) is 5.91 Å². The molecule has 0 radical (unpaired) electrons. The third kappa shape index (κ3) is 2.69. The van der Waals surface area contributed by atoms with Crippen molar-refractivity contribution in [2.45, 2.75) is 6.92 Å². The third-order valence-corrected chi connectivity index (χ3v) is 4.64. The predicted octanol–water partition coefficient (Wildman–Crippen LogP) is 5.93. The molecule has 0 aromatic heterocycles. The van der Waals surface area contributed by atoms with Crippen molar-refractivity contribution in [2.75, 3.05) is 10.2 Å². The lowest BCUT2D eigenvalue weighted by molar-refractivity contribution is -0.115. The molecule has 2 aromatic rings. The molecule has 0 fully saturated rings. The first-order chi connectivity index (χ1) is 10.5. The summed E-state index contributed by atoms with van der Waals surface area (Å²) in [7, 11) is 0. The summed E-state index contributed by atoms with van der Waals surface area (Å²) in [6, 6.07) is 11.1. The Kier molecular flexibility index (Phi) is 4.31. The Morgan fingerprint density at radius 3 is 2.36 bits per heavy atom. The van der Waals surface area contributed by atoms with Crippen LogP contribution in [-0.4, -0.2) is 11.2 Å². The molecule has 0 spiro atoms. The second-order valence-electron chi connectivity index (χ2n) is 5.02. The summed E-state index contributed by atoms with van der Waals surface area (Å²) in [5.74, 6) is -0.0868. The molecule has 0 atom stereocenters. The number of halogens is 3. The van der Waals surface area contributed by atoms with E-state index in [4.69, 9.17) is 23.2 Å². The highest BCUT2D eigenvalue weighted by Crippen LogP contribution is 2.42. The van der Waals surface area contributed by atoms with E-state index >= 15 is 0 Å². The van der Waals surface area contributed by atoms with Crippen molar-refractivity contribution in [2.24, 2.45) is 0 Å². The lowest BCUT2D eigenvalue weighted by Crippen LogP contribution is -2.24. The van der Waals surface area contributed by atoms with E-state index in [0.717, 1.165) is 28.1 Å². The summed E-state index contributed by atoms with van der Waals surface area (Å²) in [6.07, 6.45) is 2.07. The Balaban J connectivity index is 2.38. The summed E-state index contributed by atoms with van der Waals surface area (Å²) >= 11 is 15.8. The molecule has 112 valence electrons. The third-order valence-electron chi connectivity index (χ3n) is 3.57. The monoisotopic (exact) mass is 395 g/mol. The number of hydrogen-bond acceptors (Lipinski definition) is 1. The van der Waals surface area contributed by atoms with E-state index in [1.165, 1.54) is 6.92 Å². The number of hydrogen-bond donors (Lipinski definition) is 0. The molecule has 1 heterocycles. The second kappa shape index (κ2) is 6.07. The summed E-state index contributed by atoms with van der Waals surface area (Å²) < 4.78 is 0. The van der Waals surface area contributed by atoms with Crippen molar-refractivity contribution in [3.05, 3.63) is 57.6 Å². The average molecular weight is 397 g/mol. The van der Waals surface area contributed by atoms with Gasteiger partial charge in [0.2, 0.25) is 5.91 Å². The minimum absolute atomic E-state index is 0.0868. The van der Waals surface area contributed by atoms with Crippen molar-refractivity contribution in [1.29, 1.82) is 0 Å². The number of amides is 1. The van der Waals surface area contributed by atoms with Crippen LogP contribution in [0.15, 0.2) is 36.4 Å². The molecule has 0 saturated heterocycles. The van der Waals surface area contributed by atoms with Crippen molar-refractivity contribution in [3.63, 3.8) is 0 Å². The molecular formula is C17H12BrCl2NO.